The van der Waals surface area contributed by atoms with Gasteiger partial charge < -0.3 is 9.47 Å². The highest BCUT2D eigenvalue weighted by atomic mass is 19.1. The number of hydrogen-bond acceptors (Lipinski definition) is 3. The van der Waals surface area contributed by atoms with Gasteiger partial charge in [-0.05, 0) is 48.4 Å². The first-order valence-electron chi connectivity index (χ1n) is 6.78. The molecular formula is C15H17FO3. The fraction of sp³-hybridized carbons (Fsp3) is 0.533. The molecule has 1 aliphatic heterocycles. The third kappa shape index (κ3) is 2.78. The minimum Gasteiger partial charge on any atom is -0.457 e. The fourth-order valence-electron chi connectivity index (χ4n) is 2.84. The van der Waals surface area contributed by atoms with Gasteiger partial charge in [0.05, 0.1) is 13.0 Å². The van der Waals surface area contributed by atoms with Gasteiger partial charge in [-0.2, -0.15) is 0 Å². The summed E-state index contributed by atoms with van der Waals surface area (Å²) in [5.41, 5.74) is 1.92. The topological polar surface area (TPSA) is 35.5 Å². The molecule has 0 amide bonds. The SMILES string of the molecule is O=C(C[C@H]1CCOC1)O[C@@H]1CCc2ccc(F)cc21. The van der Waals surface area contributed by atoms with Gasteiger partial charge in [0.25, 0.3) is 0 Å². The smallest absolute Gasteiger partial charge is 0.306 e. The molecule has 1 fully saturated rings. The molecular weight excluding hydrogens is 247 g/mol. The summed E-state index contributed by atoms with van der Waals surface area (Å²) in [6, 6.07) is 4.72. The summed E-state index contributed by atoms with van der Waals surface area (Å²) < 4.78 is 24.0. The standard InChI is InChI=1S/C15H17FO3/c16-12-3-1-11-2-4-14(13(11)8-12)19-15(17)7-10-5-6-18-9-10/h1,3,8,10,14H,2,4-7,9H2/t10-,14-/m1/s1. The van der Waals surface area contributed by atoms with Gasteiger partial charge in [-0.15, -0.1) is 0 Å². The normalized spacial score (nSPS) is 25.3. The molecule has 0 aromatic heterocycles. The quantitative estimate of drug-likeness (QED) is 0.787. The average molecular weight is 264 g/mol. The van der Waals surface area contributed by atoms with Crippen LogP contribution in [-0.4, -0.2) is 19.2 Å². The molecule has 2 aliphatic rings. The highest BCUT2D eigenvalue weighted by Crippen LogP contribution is 2.35. The molecule has 0 N–H and O–H groups in total. The maximum Gasteiger partial charge on any atom is 0.306 e. The van der Waals surface area contributed by atoms with Crippen molar-refractivity contribution in [2.75, 3.05) is 13.2 Å². The van der Waals surface area contributed by atoms with Crippen molar-refractivity contribution in [2.24, 2.45) is 5.92 Å². The van der Waals surface area contributed by atoms with E-state index in [1.54, 1.807) is 6.07 Å². The number of carbonyl (C=O) groups is 1. The van der Waals surface area contributed by atoms with Crippen molar-refractivity contribution in [1.29, 1.82) is 0 Å². The lowest BCUT2D eigenvalue weighted by Gasteiger charge is -2.15. The zero-order valence-electron chi connectivity index (χ0n) is 10.7. The van der Waals surface area contributed by atoms with Crippen LogP contribution in [0.15, 0.2) is 18.2 Å². The number of aryl methyl sites for hydroxylation is 1. The van der Waals surface area contributed by atoms with Gasteiger partial charge in [-0.3, -0.25) is 4.79 Å². The van der Waals surface area contributed by atoms with Crippen LogP contribution in [0.5, 0.6) is 0 Å². The Morgan fingerprint density at radius 1 is 1.42 bits per heavy atom. The van der Waals surface area contributed by atoms with Crippen LogP contribution in [0.3, 0.4) is 0 Å². The summed E-state index contributed by atoms with van der Waals surface area (Å²) >= 11 is 0. The van der Waals surface area contributed by atoms with Crippen LogP contribution in [0, 0.1) is 11.7 Å². The van der Waals surface area contributed by atoms with Gasteiger partial charge in [0, 0.05) is 6.61 Å². The summed E-state index contributed by atoms with van der Waals surface area (Å²) in [4.78, 5) is 11.9. The molecule has 0 spiro atoms. The predicted octanol–water partition coefficient (Wildman–Crippen LogP) is 2.78. The molecule has 19 heavy (non-hydrogen) atoms. The molecule has 3 nitrogen and oxygen atoms in total. The number of ether oxygens (including phenoxy) is 2. The van der Waals surface area contributed by atoms with Gasteiger partial charge in [0.2, 0.25) is 0 Å². The van der Waals surface area contributed by atoms with Crippen LogP contribution >= 0.6 is 0 Å². The first-order valence-corrected chi connectivity index (χ1v) is 6.78. The average Bonchev–Trinajstić information content (AvgIpc) is 3.00. The number of esters is 1. The molecule has 0 radical (unpaired) electrons. The van der Waals surface area contributed by atoms with Gasteiger partial charge >= 0.3 is 5.97 Å². The molecule has 102 valence electrons. The fourth-order valence-corrected chi connectivity index (χ4v) is 2.84. The molecule has 1 heterocycles. The highest BCUT2D eigenvalue weighted by molar-refractivity contribution is 5.70. The van der Waals surface area contributed by atoms with Crippen LogP contribution in [-0.2, 0) is 20.7 Å². The van der Waals surface area contributed by atoms with Crippen molar-refractivity contribution in [2.45, 2.75) is 31.8 Å². The molecule has 0 saturated carbocycles. The van der Waals surface area contributed by atoms with Crippen molar-refractivity contribution < 1.29 is 18.7 Å². The van der Waals surface area contributed by atoms with E-state index in [4.69, 9.17) is 9.47 Å². The van der Waals surface area contributed by atoms with E-state index in [0.717, 1.165) is 37.0 Å². The van der Waals surface area contributed by atoms with Gasteiger partial charge in [0.1, 0.15) is 11.9 Å². The van der Waals surface area contributed by atoms with Crippen molar-refractivity contribution in [3.05, 3.63) is 35.1 Å². The van der Waals surface area contributed by atoms with Crippen molar-refractivity contribution >= 4 is 5.97 Å². The zero-order valence-corrected chi connectivity index (χ0v) is 10.7. The maximum absolute atomic E-state index is 13.2. The van der Waals surface area contributed by atoms with Crippen molar-refractivity contribution in [3.8, 4) is 0 Å². The Bertz CT molecular complexity index is 480. The number of halogens is 1. The second-order valence-corrected chi connectivity index (χ2v) is 5.29. The molecule has 0 bridgehead atoms. The molecule has 0 unspecified atom stereocenters. The van der Waals surface area contributed by atoms with E-state index in [1.807, 2.05) is 0 Å². The second kappa shape index (κ2) is 5.29. The summed E-state index contributed by atoms with van der Waals surface area (Å²) in [5.74, 6) is -0.190. The first kappa shape index (κ1) is 12.6. The molecule has 1 aromatic carbocycles. The van der Waals surface area contributed by atoms with E-state index in [9.17, 15) is 9.18 Å². The van der Waals surface area contributed by atoms with Gasteiger partial charge in [-0.25, -0.2) is 4.39 Å². The lowest BCUT2D eigenvalue weighted by atomic mass is 10.1. The summed E-state index contributed by atoms with van der Waals surface area (Å²) in [5, 5.41) is 0. The molecule has 2 atom stereocenters. The van der Waals surface area contributed by atoms with Crippen LogP contribution < -0.4 is 0 Å². The second-order valence-electron chi connectivity index (χ2n) is 5.29. The van der Waals surface area contributed by atoms with Crippen molar-refractivity contribution in [3.63, 3.8) is 0 Å². The van der Waals surface area contributed by atoms with Crippen LogP contribution in [0.2, 0.25) is 0 Å². The number of fused-ring (bicyclic) bond motifs is 1. The molecule has 1 saturated heterocycles. The summed E-state index contributed by atoms with van der Waals surface area (Å²) in [6.07, 6.45) is 2.65. The van der Waals surface area contributed by atoms with E-state index in [-0.39, 0.29) is 23.8 Å². The lowest BCUT2D eigenvalue weighted by molar-refractivity contribution is -0.150. The Hall–Kier alpha value is -1.42. The maximum atomic E-state index is 13.2. The Labute approximate surface area is 111 Å². The van der Waals surface area contributed by atoms with E-state index in [0.29, 0.717) is 13.0 Å². The Balaban J connectivity index is 1.62. The molecule has 1 aliphatic carbocycles. The van der Waals surface area contributed by atoms with Gasteiger partial charge in [0.15, 0.2) is 0 Å². The summed E-state index contributed by atoms with van der Waals surface area (Å²) in [6.45, 7) is 1.38. The molecule has 4 heteroatoms. The molecule has 1 aromatic rings. The molecule has 3 rings (SSSR count). The van der Waals surface area contributed by atoms with Gasteiger partial charge in [-0.1, -0.05) is 6.07 Å². The van der Waals surface area contributed by atoms with E-state index < -0.39 is 0 Å². The number of carbonyl (C=O) groups excluding carboxylic acids is 1. The number of benzene rings is 1. The Kier molecular flexibility index (Phi) is 3.51. The monoisotopic (exact) mass is 264 g/mol. The number of hydrogen-bond donors (Lipinski definition) is 0. The van der Waals surface area contributed by atoms with Crippen LogP contribution in [0.1, 0.15) is 36.5 Å². The number of rotatable bonds is 3. The third-order valence-corrected chi connectivity index (χ3v) is 3.88. The predicted molar refractivity (Wildman–Crippen MR) is 67.1 cm³/mol. The third-order valence-electron chi connectivity index (χ3n) is 3.88. The zero-order chi connectivity index (χ0) is 13.2. The highest BCUT2D eigenvalue weighted by Gasteiger charge is 2.28. The van der Waals surface area contributed by atoms with E-state index >= 15 is 0 Å². The minimum atomic E-state index is -0.277. The van der Waals surface area contributed by atoms with E-state index in [1.165, 1.54) is 12.1 Å². The summed E-state index contributed by atoms with van der Waals surface area (Å²) in [7, 11) is 0. The van der Waals surface area contributed by atoms with Crippen LogP contribution in [0.25, 0.3) is 0 Å². The Morgan fingerprint density at radius 2 is 2.32 bits per heavy atom. The minimum absolute atomic E-state index is 0.197. The van der Waals surface area contributed by atoms with Crippen LogP contribution in [0.4, 0.5) is 4.39 Å². The lowest BCUT2D eigenvalue weighted by Crippen LogP contribution is -2.14. The van der Waals surface area contributed by atoms with E-state index in [2.05, 4.69) is 0 Å². The Morgan fingerprint density at radius 3 is 3.11 bits per heavy atom. The van der Waals surface area contributed by atoms with Crippen molar-refractivity contribution in [1.82, 2.24) is 0 Å². The first-order chi connectivity index (χ1) is 9.22. The largest absolute Gasteiger partial charge is 0.457 e.